The Balaban J connectivity index is 1.13. The molecular formula is C23H26N6O2S. The molecule has 4 heterocycles. The summed E-state index contributed by atoms with van der Waals surface area (Å²) in [5.74, 6) is 1.33. The number of likely N-dealkylation sites (tertiary alicyclic amines) is 1. The average molecular weight is 451 g/mol. The number of para-hydroxylation sites is 1. The predicted molar refractivity (Wildman–Crippen MR) is 122 cm³/mol. The second-order valence-electron chi connectivity index (χ2n) is 8.27. The van der Waals surface area contributed by atoms with E-state index in [1.54, 1.807) is 6.33 Å². The van der Waals surface area contributed by atoms with Gasteiger partial charge in [0, 0.05) is 31.0 Å². The van der Waals surface area contributed by atoms with Crippen LogP contribution >= 0.6 is 11.8 Å². The quantitative estimate of drug-likeness (QED) is 0.446. The highest BCUT2D eigenvalue weighted by Crippen LogP contribution is 2.28. The lowest BCUT2D eigenvalue weighted by Gasteiger charge is -2.32. The molecule has 1 amide bonds. The van der Waals surface area contributed by atoms with Crippen LogP contribution in [0.25, 0.3) is 10.9 Å². The number of fused-ring (bicyclic) bond motifs is 1. The minimum atomic E-state index is -0.0465. The molecule has 0 unspecified atom stereocenters. The van der Waals surface area contributed by atoms with E-state index in [0.717, 1.165) is 59.4 Å². The molecule has 5 rings (SSSR count). The largest absolute Gasteiger partial charge is 0.453 e. The number of nitrogens with one attached hydrogen (secondary N) is 2. The fourth-order valence-electron chi connectivity index (χ4n) is 4.16. The van der Waals surface area contributed by atoms with Crippen LogP contribution in [0.15, 0.2) is 63.5 Å². The summed E-state index contributed by atoms with van der Waals surface area (Å²) in [6.07, 6.45) is 3.92. The maximum Gasteiger partial charge on any atom is 0.267 e. The number of nitrogens with zero attached hydrogens (tertiary/aromatic N) is 4. The van der Waals surface area contributed by atoms with E-state index in [9.17, 15) is 4.79 Å². The van der Waals surface area contributed by atoms with Gasteiger partial charge < -0.3 is 19.3 Å². The van der Waals surface area contributed by atoms with E-state index < -0.39 is 0 Å². The lowest BCUT2D eigenvalue weighted by atomic mass is 9.98. The maximum absolute atomic E-state index is 12.6. The van der Waals surface area contributed by atoms with Crippen molar-refractivity contribution in [2.75, 3.05) is 19.6 Å². The minimum Gasteiger partial charge on any atom is -0.453 e. The van der Waals surface area contributed by atoms with Crippen molar-refractivity contribution in [1.82, 2.24) is 30.0 Å². The third kappa shape index (κ3) is 4.73. The second-order valence-corrected chi connectivity index (χ2v) is 9.24. The van der Waals surface area contributed by atoms with Crippen molar-refractivity contribution in [3.8, 4) is 0 Å². The number of aromatic nitrogens is 4. The Morgan fingerprint density at radius 2 is 2.22 bits per heavy atom. The zero-order valence-electron chi connectivity index (χ0n) is 18.0. The molecule has 4 aromatic rings. The van der Waals surface area contributed by atoms with Crippen molar-refractivity contribution >= 4 is 28.6 Å². The van der Waals surface area contributed by atoms with Crippen LogP contribution in [0, 0.1) is 5.92 Å². The van der Waals surface area contributed by atoms with Gasteiger partial charge in [-0.05, 0) is 61.3 Å². The average Bonchev–Trinajstić information content (AvgIpc) is 3.53. The molecule has 1 aromatic carbocycles. The lowest BCUT2D eigenvalue weighted by molar-refractivity contribution is 0.0923. The van der Waals surface area contributed by atoms with Gasteiger partial charge in [0.1, 0.15) is 17.8 Å². The number of piperidine rings is 1. The standard InChI is InChI=1S/C23H26N6O2S/c1-28-15-25-27-23(28)32-21-9-8-18(31-21)14-29-10-4-5-16(13-29)12-24-22(30)20-11-17-6-2-3-7-19(17)26-20/h2-3,6-9,11,15-16,26H,4-5,10,12-14H2,1H3,(H,24,30)/t16-/m0/s1. The third-order valence-electron chi connectivity index (χ3n) is 5.81. The molecule has 1 aliphatic rings. The normalized spacial score (nSPS) is 17.1. The molecule has 1 fully saturated rings. The van der Waals surface area contributed by atoms with Crippen molar-refractivity contribution in [2.24, 2.45) is 13.0 Å². The molecule has 2 N–H and O–H groups in total. The fourth-order valence-corrected chi connectivity index (χ4v) is 4.91. The number of carbonyl (C=O) groups is 1. The summed E-state index contributed by atoms with van der Waals surface area (Å²) in [4.78, 5) is 18.2. The number of aromatic amines is 1. The molecule has 0 aliphatic carbocycles. The Morgan fingerprint density at radius 3 is 3.06 bits per heavy atom. The van der Waals surface area contributed by atoms with Crippen molar-refractivity contribution in [3.05, 3.63) is 60.2 Å². The third-order valence-corrected chi connectivity index (χ3v) is 6.78. The molecule has 0 radical (unpaired) electrons. The fraction of sp³-hybridized carbons (Fsp3) is 0.348. The Hall–Kier alpha value is -3.04. The summed E-state index contributed by atoms with van der Waals surface area (Å²) >= 11 is 1.47. The number of hydrogen-bond donors (Lipinski definition) is 2. The Bertz CT molecular complexity index is 1180. The van der Waals surface area contributed by atoms with Crippen LogP contribution < -0.4 is 5.32 Å². The van der Waals surface area contributed by atoms with Crippen LogP contribution in [-0.2, 0) is 13.6 Å². The van der Waals surface area contributed by atoms with Crippen molar-refractivity contribution in [1.29, 1.82) is 0 Å². The van der Waals surface area contributed by atoms with E-state index in [4.69, 9.17) is 4.42 Å². The summed E-state index contributed by atoms with van der Waals surface area (Å²) in [7, 11) is 1.91. The van der Waals surface area contributed by atoms with E-state index in [0.29, 0.717) is 18.2 Å². The van der Waals surface area contributed by atoms with Gasteiger partial charge in [-0.15, -0.1) is 10.2 Å². The summed E-state index contributed by atoms with van der Waals surface area (Å²) in [5, 5.41) is 13.8. The van der Waals surface area contributed by atoms with Crippen LogP contribution in [0.4, 0.5) is 0 Å². The van der Waals surface area contributed by atoms with Crippen LogP contribution in [0.2, 0.25) is 0 Å². The summed E-state index contributed by atoms with van der Waals surface area (Å²) in [5.41, 5.74) is 1.60. The topological polar surface area (TPSA) is 92.0 Å². The molecule has 3 aromatic heterocycles. The number of furan rings is 1. The molecular weight excluding hydrogens is 424 g/mol. The SMILES string of the molecule is Cn1cnnc1Sc1ccc(CN2CCC[C@@H](CNC(=O)c3cc4ccccc4[nH]3)C2)o1. The molecule has 166 valence electrons. The molecule has 0 spiro atoms. The van der Waals surface area contributed by atoms with Crippen LogP contribution in [0.1, 0.15) is 29.1 Å². The first-order valence-corrected chi connectivity index (χ1v) is 11.6. The van der Waals surface area contributed by atoms with Crippen molar-refractivity contribution in [3.63, 3.8) is 0 Å². The Kier molecular flexibility index (Phi) is 6.00. The molecule has 1 aliphatic heterocycles. The van der Waals surface area contributed by atoms with Crippen LogP contribution in [0.5, 0.6) is 0 Å². The molecule has 9 heteroatoms. The number of aryl methyl sites for hydroxylation is 1. The predicted octanol–water partition coefficient (Wildman–Crippen LogP) is 3.68. The highest BCUT2D eigenvalue weighted by atomic mass is 32.2. The number of rotatable bonds is 7. The molecule has 0 saturated carbocycles. The Morgan fingerprint density at radius 1 is 1.31 bits per heavy atom. The molecule has 1 atom stereocenters. The van der Waals surface area contributed by atoms with E-state index in [-0.39, 0.29) is 5.91 Å². The van der Waals surface area contributed by atoms with Crippen LogP contribution in [0.3, 0.4) is 0 Å². The monoisotopic (exact) mass is 450 g/mol. The summed E-state index contributed by atoms with van der Waals surface area (Å²) in [6, 6.07) is 13.9. The highest BCUT2D eigenvalue weighted by molar-refractivity contribution is 7.99. The number of H-pyrrole nitrogens is 1. The highest BCUT2D eigenvalue weighted by Gasteiger charge is 2.22. The Labute approximate surface area is 190 Å². The van der Waals surface area contributed by atoms with Gasteiger partial charge in [0.15, 0.2) is 10.2 Å². The summed E-state index contributed by atoms with van der Waals surface area (Å²) in [6.45, 7) is 3.43. The van der Waals surface area contributed by atoms with Gasteiger partial charge in [-0.2, -0.15) is 0 Å². The van der Waals surface area contributed by atoms with Gasteiger partial charge in [0.05, 0.1) is 6.54 Å². The first kappa shape index (κ1) is 20.8. The lowest BCUT2D eigenvalue weighted by Crippen LogP contribution is -2.40. The van der Waals surface area contributed by atoms with Gasteiger partial charge in [0.2, 0.25) is 0 Å². The van der Waals surface area contributed by atoms with E-state index in [1.807, 2.05) is 54.1 Å². The zero-order valence-corrected chi connectivity index (χ0v) is 18.8. The first-order valence-electron chi connectivity index (χ1n) is 10.8. The zero-order chi connectivity index (χ0) is 21.9. The summed E-state index contributed by atoms with van der Waals surface area (Å²) < 4.78 is 7.87. The number of benzene rings is 1. The van der Waals surface area contributed by atoms with E-state index >= 15 is 0 Å². The van der Waals surface area contributed by atoms with Crippen LogP contribution in [-0.4, -0.2) is 50.2 Å². The molecule has 1 saturated heterocycles. The van der Waals surface area contributed by atoms with Gasteiger partial charge in [-0.1, -0.05) is 18.2 Å². The van der Waals surface area contributed by atoms with Gasteiger partial charge in [0.25, 0.3) is 5.91 Å². The number of carbonyl (C=O) groups excluding carboxylic acids is 1. The smallest absolute Gasteiger partial charge is 0.267 e. The number of amides is 1. The molecule has 32 heavy (non-hydrogen) atoms. The van der Waals surface area contributed by atoms with Gasteiger partial charge in [-0.3, -0.25) is 9.69 Å². The van der Waals surface area contributed by atoms with Gasteiger partial charge >= 0.3 is 0 Å². The first-order chi connectivity index (χ1) is 15.6. The molecule has 8 nitrogen and oxygen atoms in total. The van der Waals surface area contributed by atoms with Crippen molar-refractivity contribution < 1.29 is 9.21 Å². The van der Waals surface area contributed by atoms with E-state index in [2.05, 4.69) is 25.4 Å². The van der Waals surface area contributed by atoms with Crippen molar-refractivity contribution in [2.45, 2.75) is 29.6 Å². The number of hydrogen-bond acceptors (Lipinski definition) is 6. The van der Waals surface area contributed by atoms with E-state index in [1.165, 1.54) is 11.8 Å². The maximum atomic E-state index is 12.6. The van der Waals surface area contributed by atoms with Gasteiger partial charge in [-0.25, -0.2) is 0 Å². The minimum absolute atomic E-state index is 0.0465. The molecule has 0 bridgehead atoms. The second kappa shape index (κ2) is 9.22.